The minimum absolute atomic E-state index is 0.0763. The zero-order valence-corrected chi connectivity index (χ0v) is 12.7. The molecule has 1 fully saturated rings. The van der Waals surface area contributed by atoms with Gasteiger partial charge in [0.05, 0.1) is 23.4 Å². The summed E-state index contributed by atoms with van der Waals surface area (Å²) in [5.41, 5.74) is 1.55. The second-order valence-corrected chi connectivity index (χ2v) is 6.10. The molecule has 1 aliphatic rings. The number of nitrogens with one attached hydrogen (secondary N) is 1. The van der Waals surface area contributed by atoms with Crippen LogP contribution < -0.4 is 0 Å². The van der Waals surface area contributed by atoms with Gasteiger partial charge in [-0.2, -0.15) is 4.98 Å². The molecule has 3 aromatic rings. The number of ether oxygens (including phenoxy) is 1. The maximum atomic E-state index is 12.8. The quantitative estimate of drug-likeness (QED) is 0.782. The van der Waals surface area contributed by atoms with Gasteiger partial charge in [0.15, 0.2) is 5.82 Å². The van der Waals surface area contributed by atoms with E-state index in [1.165, 1.54) is 0 Å². The fourth-order valence-electron chi connectivity index (χ4n) is 2.62. The van der Waals surface area contributed by atoms with Crippen molar-refractivity contribution in [2.45, 2.75) is 13.0 Å². The molecule has 0 bridgehead atoms. The van der Waals surface area contributed by atoms with E-state index in [1.807, 2.05) is 17.5 Å². The number of hydrogen-bond donors (Lipinski definition) is 1. The van der Waals surface area contributed by atoms with Gasteiger partial charge in [-0.3, -0.25) is 4.79 Å². The summed E-state index contributed by atoms with van der Waals surface area (Å²) in [6.07, 6.45) is 0. The SMILES string of the molecule is Cc1noc([C@@H]2COCCN2C(=O)c2cc3sccc3[nH]2)n1. The molecule has 0 radical (unpaired) electrons. The zero-order valence-electron chi connectivity index (χ0n) is 11.9. The predicted molar refractivity (Wildman–Crippen MR) is 79.8 cm³/mol. The van der Waals surface area contributed by atoms with Gasteiger partial charge in [0.25, 0.3) is 11.8 Å². The van der Waals surface area contributed by atoms with Crippen molar-refractivity contribution in [3.8, 4) is 0 Å². The van der Waals surface area contributed by atoms with E-state index in [-0.39, 0.29) is 11.9 Å². The highest BCUT2D eigenvalue weighted by Gasteiger charge is 2.33. The summed E-state index contributed by atoms with van der Waals surface area (Å²) in [5, 5.41) is 5.79. The fraction of sp³-hybridized carbons (Fsp3) is 0.357. The Morgan fingerprint density at radius 1 is 1.55 bits per heavy atom. The van der Waals surface area contributed by atoms with Gasteiger partial charge in [-0.05, 0) is 24.4 Å². The monoisotopic (exact) mass is 318 g/mol. The van der Waals surface area contributed by atoms with Crippen LogP contribution in [0.3, 0.4) is 0 Å². The molecule has 4 heterocycles. The first kappa shape index (κ1) is 13.5. The van der Waals surface area contributed by atoms with Crippen LogP contribution in [0.5, 0.6) is 0 Å². The molecule has 0 aromatic carbocycles. The zero-order chi connectivity index (χ0) is 15.1. The molecule has 1 N–H and O–H groups in total. The molecule has 3 aromatic heterocycles. The molecule has 22 heavy (non-hydrogen) atoms. The highest BCUT2D eigenvalue weighted by Crippen LogP contribution is 2.27. The lowest BCUT2D eigenvalue weighted by Gasteiger charge is -2.32. The van der Waals surface area contributed by atoms with E-state index in [9.17, 15) is 4.79 Å². The summed E-state index contributed by atoms with van der Waals surface area (Å²) in [6, 6.07) is 3.51. The van der Waals surface area contributed by atoms with Gasteiger partial charge < -0.3 is 19.1 Å². The van der Waals surface area contributed by atoms with Crippen molar-refractivity contribution in [1.29, 1.82) is 0 Å². The highest BCUT2D eigenvalue weighted by molar-refractivity contribution is 7.17. The van der Waals surface area contributed by atoms with E-state index >= 15 is 0 Å². The molecule has 1 amide bonds. The molecule has 0 spiro atoms. The van der Waals surface area contributed by atoms with Crippen molar-refractivity contribution in [1.82, 2.24) is 20.0 Å². The Balaban J connectivity index is 1.65. The lowest BCUT2D eigenvalue weighted by Crippen LogP contribution is -2.43. The van der Waals surface area contributed by atoms with Crippen LogP contribution in [0.1, 0.15) is 28.2 Å². The number of amides is 1. The Morgan fingerprint density at radius 2 is 2.45 bits per heavy atom. The van der Waals surface area contributed by atoms with Gasteiger partial charge >= 0.3 is 0 Å². The number of thiophene rings is 1. The second kappa shape index (κ2) is 5.22. The lowest BCUT2D eigenvalue weighted by molar-refractivity contribution is -0.0121. The van der Waals surface area contributed by atoms with Gasteiger partial charge in [-0.15, -0.1) is 11.3 Å². The van der Waals surface area contributed by atoms with E-state index in [0.717, 1.165) is 10.2 Å². The number of aromatic amines is 1. The minimum atomic E-state index is -0.344. The molecule has 8 heteroatoms. The van der Waals surface area contributed by atoms with Crippen LogP contribution in [0.25, 0.3) is 10.2 Å². The molecule has 0 unspecified atom stereocenters. The Morgan fingerprint density at radius 3 is 3.23 bits per heavy atom. The molecular formula is C14H14N4O3S. The third kappa shape index (κ3) is 2.20. The Kier molecular flexibility index (Phi) is 3.20. The molecule has 114 valence electrons. The van der Waals surface area contributed by atoms with Crippen molar-refractivity contribution >= 4 is 27.5 Å². The number of rotatable bonds is 2. The number of hydrogen-bond acceptors (Lipinski definition) is 6. The molecule has 1 atom stereocenters. The number of carbonyl (C=O) groups excluding carboxylic acids is 1. The third-order valence-corrected chi connectivity index (χ3v) is 4.55. The van der Waals surface area contributed by atoms with Gasteiger partial charge in [0.2, 0.25) is 0 Å². The first-order valence-corrected chi connectivity index (χ1v) is 7.85. The van der Waals surface area contributed by atoms with Gasteiger partial charge in [-0.1, -0.05) is 5.16 Å². The molecular weight excluding hydrogens is 304 g/mol. The minimum Gasteiger partial charge on any atom is -0.377 e. The van der Waals surface area contributed by atoms with Gasteiger partial charge in [0.1, 0.15) is 11.7 Å². The molecule has 0 aliphatic carbocycles. The maximum absolute atomic E-state index is 12.8. The van der Waals surface area contributed by atoms with Crippen LogP contribution in [0.2, 0.25) is 0 Å². The van der Waals surface area contributed by atoms with Crippen molar-refractivity contribution in [3.63, 3.8) is 0 Å². The summed E-state index contributed by atoms with van der Waals surface area (Å²) < 4.78 is 11.8. The van der Waals surface area contributed by atoms with Crippen molar-refractivity contribution in [2.75, 3.05) is 19.8 Å². The van der Waals surface area contributed by atoms with Gasteiger partial charge in [0, 0.05) is 6.54 Å². The Bertz CT molecular complexity index is 792. The van der Waals surface area contributed by atoms with Gasteiger partial charge in [-0.25, -0.2) is 0 Å². The van der Waals surface area contributed by atoms with E-state index in [4.69, 9.17) is 9.26 Å². The molecule has 7 nitrogen and oxygen atoms in total. The number of H-pyrrole nitrogens is 1. The smallest absolute Gasteiger partial charge is 0.271 e. The summed E-state index contributed by atoms with van der Waals surface area (Å²) in [7, 11) is 0. The predicted octanol–water partition coefficient (Wildman–Crippen LogP) is 2.13. The van der Waals surface area contributed by atoms with Crippen molar-refractivity contribution in [2.24, 2.45) is 0 Å². The normalized spacial score (nSPS) is 19.0. The summed E-state index contributed by atoms with van der Waals surface area (Å²) in [4.78, 5) is 21.9. The second-order valence-electron chi connectivity index (χ2n) is 5.15. The molecule has 1 saturated heterocycles. The van der Waals surface area contributed by atoms with E-state index in [2.05, 4.69) is 15.1 Å². The van der Waals surface area contributed by atoms with Crippen LogP contribution in [0.4, 0.5) is 0 Å². The first-order chi connectivity index (χ1) is 10.7. The number of aryl methyl sites for hydroxylation is 1. The van der Waals surface area contributed by atoms with Crippen LogP contribution >= 0.6 is 11.3 Å². The van der Waals surface area contributed by atoms with Crippen LogP contribution in [0, 0.1) is 6.92 Å². The van der Waals surface area contributed by atoms with Crippen molar-refractivity contribution in [3.05, 3.63) is 34.9 Å². The lowest BCUT2D eigenvalue weighted by atomic mass is 10.2. The Hall–Kier alpha value is -2.19. The van der Waals surface area contributed by atoms with Crippen LogP contribution in [-0.4, -0.2) is 45.7 Å². The maximum Gasteiger partial charge on any atom is 0.271 e. The van der Waals surface area contributed by atoms with E-state index in [1.54, 1.807) is 23.2 Å². The van der Waals surface area contributed by atoms with Crippen LogP contribution in [-0.2, 0) is 4.74 Å². The van der Waals surface area contributed by atoms with Crippen LogP contribution in [0.15, 0.2) is 22.0 Å². The number of fused-ring (bicyclic) bond motifs is 1. The average molecular weight is 318 g/mol. The number of nitrogens with zero attached hydrogens (tertiary/aromatic N) is 3. The number of carbonyl (C=O) groups is 1. The molecule has 4 rings (SSSR count). The largest absolute Gasteiger partial charge is 0.377 e. The average Bonchev–Trinajstić information content (AvgIpc) is 3.21. The fourth-order valence-corrected chi connectivity index (χ4v) is 3.40. The third-order valence-electron chi connectivity index (χ3n) is 3.69. The highest BCUT2D eigenvalue weighted by atomic mass is 32.1. The standard InChI is InChI=1S/C14H14N4O3S/c1-8-15-13(21-17-8)11-7-20-4-3-18(11)14(19)10-6-12-9(16-10)2-5-22-12/h2,5-6,11,16H,3-4,7H2,1H3/t11-/m0/s1. The first-order valence-electron chi connectivity index (χ1n) is 6.97. The van der Waals surface area contributed by atoms with Crippen molar-refractivity contribution < 1.29 is 14.1 Å². The topological polar surface area (TPSA) is 84.3 Å². The number of aromatic nitrogens is 3. The Labute approximate surface area is 129 Å². The molecule has 1 aliphatic heterocycles. The van der Waals surface area contributed by atoms with E-state index < -0.39 is 0 Å². The molecule has 0 saturated carbocycles. The summed E-state index contributed by atoms with van der Waals surface area (Å²) >= 11 is 1.61. The summed E-state index contributed by atoms with van der Waals surface area (Å²) in [5.74, 6) is 0.889. The van der Waals surface area contributed by atoms with E-state index in [0.29, 0.717) is 37.2 Å². The summed E-state index contributed by atoms with van der Waals surface area (Å²) in [6.45, 7) is 3.12. The number of morpholine rings is 1.